The van der Waals surface area contributed by atoms with Crippen molar-refractivity contribution in [1.82, 2.24) is 0 Å². The van der Waals surface area contributed by atoms with Gasteiger partial charge in [-0.05, 0) is 0 Å². The highest BCUT2D eigenvalue weighted by Gasteiger charge is 2.12. The van der Waals surface area contributed by atoms with E-state index in [4.69, 9.17) is 10.5 Å². The third-order valence-electron chi connectivity index (χ3n) is 2.85. The Balaban J connectivity index is 0.00000161. The summed E-state index contributed by atoms with van der Waals surface area (Å²) in [7, 11) is 0. The normalized spacial score (nSPS) is 9.81. The Morgan fingerprint density at radius 3 is 1.52 bits per heavy atom. The van der Waals surface area contributed by atoms with Gasteiger partial charge < -0.3 is 0 Å². The van der Waals surface area contributed by atoms with Crippen LogP contribution in [0.4, 0.5) is 0 Å². The predicted octanol–water partition coefficient (Wildman–Crippen LogP) is 2.57. The maximum absolute atomic E-state index is 12.4. The number of benzene rings is 1. The second kappa shape index (κ2) is 5.63. The lowest BCUT2D eigenvalue weighted by Crippen LogP contribution is -2.13. The molecule has 1 heterocycles. The van der Waals surface area contributed by atoms with Crippen LogP contribution in [0.5, 0.6) is 0 Å². The zero-order valence-corrected chi connectivity index (χ0v) is 12.7. The fraction of sp³-hybridized carbons (Fsp3) is 0. The summed E-state index contributed by atoms with van der Waals surface area (Å²) in [6.45, 7) is 0. The lowest BCUT2D eigenvalue weighted by molar-refractivity contribution is 1.49. The smallest absolute Gasteiger partial charge is 0.205 e. The van der Waals surface area contributed by atoms with Crippen LogP contribution in [0.25, 0.3) is 10.8 Å². The van der Waals surface area contributed by atoms with E-state index in [0.717, 1.165) is 22.7 Å². The van der Waals surface area contributed by atoms with Crippen LogP contribution in [-0.4, -0.2) is 0 Å². The number of nitriles is 2. The molecule has 0 atom stereocenters. The topological polar surface area (TPSA) is 81.7 Å². The van der Waals surface area contributed by atoms with Gasteiger partial charge in [0, 0.05) is 10.8 Å². The summed E-state index contributed by atoms with van der Waals surface area (Å²) in [5.41, 5.74) is -0.533. The number of halogens is 1. The van der Waals surface area contributed by atoms with Crippen molar-refractivity contribution in [2.75, 3.05) is 0 Å². The van der Waals surface area contributed by atoms with Crippen molar-refractivity contribution >= 4 is 45.9 Å². The first kappa shape index (κ1) is 15.1. The molecule has 21 heavy (non-hydrogen) atoms. The molecule has 3 rings (SSSR count). The molecule has 0 aromatic heterocycles. The van der Waals surface area contributed by atoms with Crippen LogP contribution >= 0.6 is 35.1 Å². The zero-order valence-electron chi connectivity index (χ0n) is 10.2. The summed E-state index contributed by atoms with van der Waals surface area (Å²) in [5.74, 6) is 0. The first-order valence-electron chi connectivity index (χ1n) is 5.50. The highest BCUT2D eigenvalue weighted by atomic mass is 35.5. The minimum absolute atomic E-state index is 0. The summed E-state index contributed by atoms with van der Waals surface area (Å²) in [6.07, 6.45) is 0. The number of hydrogen-bond donors (Lipinski definition) is 0. The number of rotatable bonds is 0. The maximum atomic E-state index is 12.4. The standard InChI is InChI=1S/C14H4N2O2S2.ClH/c15-5-9-10(6-16)20-14-12(18)8-4-2-1-3-7(8)11(17)13(14)19-9;/h1-4H;1H. The molecule has 0 unspecified atom stereocenters. The van der Waals surface area contributed by atoms with Crippen molar-refractivity contribution in [1.29, 1.82) is 10.5 Å². The quantitative estimate of drug-likeness (QED) is 0.633. The SMILES string of the molecule is Cl.N#Cc1sc2c(=O)c3ccccc3c(=O)c=2sc1C#N. The third-order valence-corrected chi connectivity index (χ3v) is 5.30. The Morgan fingerprint density at radius 1 is 0.810 bits per heavy atom. The van der Waals surface area contributed by atoms with Crippen LogP contribution in [0.15, 0.2) is 33.9 Å². The molecule has 102 valence electrons. The molecule has 0 amide bonds. The first-order chi connectivity index (χ1) is 9.67. The monoisotopic (exact) mass is 332 g/mol. The molecule has 0 spiro atoms. The summed E-state index contributed by atoms with van der Waals surface area (Å²) in [5, 5.41) is 18.7. The molecule has 0 fully saturated rings. The van der Waals surface area contributed by atoms with E-state index in [-0.39, 0.29) is 42.1 Å². The van der Waals surface area contributed by atoms with Crippen molar-refractivity contribution < 1.29 is 0 Å². The summed E-state index contributed by atoms with van der Waals surface area (Å²) >= 11 is 1.82. The molecule has 0 bridgehead atoms. The Bertz CT molecular complexity index is 1030. The molecule has 7 heteroatoms. The molecule has 0 radical (unpaired) electrons. The van der Waals surface area contributed by atoms with E-state index in [1.165, 1.54) is 0 Å². The number of fused-ring (bicyclic) bond motifs is 1. The average molecular weight is 333 g/mol. The van der Waals surface area contributed by atoms with Gasteiger partial charge in [-0.3, -0.25) is 9.59 Å². The highest BCUT2D eigenvalue weighted by molar-refractivity contribution is 7.18. The van der Waals surface area contributed by atoms with Crippen molar-refractivity contribution in [3.8, 4) is 12.1 Å². The molecule has 4 nitrogen and oxygen atoms in total. The van der Waals surface area contributed by atoms with Crippen molar-refractivity contribution in [2.24, 2.45) is 0 Å². The van der Waals surface area contributed by atoms with Gasteiger partial charge in [-0.2, -0.15) is 10.5 Å². The Hall–Kier alpha value is -2.25. The van der Waals surface area contributed by atoms with Gasteiger partial charge in [0.25, 0.3) is 0 Å². The van der Waals surface area contributed by atoms with Crippen LogP contribution in [0.2, 0.25) is 0 Å². The molecule has 1 aliphatic heterocycles. The molecule has 0 saturated carbocycles. The number of nitrogens with zero attached hydrogens (tertiary/aromatic N) is 2. The molecule has 1 aromatic carbocycles. The van der Waals surface area contributed by atoms with E-state index in [1.807, 2.05) is 12.1 Å². The Morgan fingerprint density at radius 2 is 1.19 bits per heavy atom. The second-order valence-corrected chi connectivity index (χ2v) is 5.99. The maximum Gasteiger partial charge on any atom is 0.205 e. The van der Waals surface area contributed by atoms with Crippen LogP contribution < -0.4 is 10.9 Å². The molecule has 2 aliphatic rings. The zero-order chi connectivity index (χ0) is 14.3. The molecule has 0 N–H and O–H groups in total. The Kier molecular flexibility index (Phi) is 4.06. The molecular formula is C14H5ClN2O2S2. The molecule has 1 aromatic rings. The second-order valence-electron chi connectivity index (χ2n) is 3.95. The minimum atomic E-state index is -0.266. The van der Waals surface area contributed by atoms with E-state index >= 15 is 0 Å². The van der Waals surface area contributed by atoms with Crippen LogP contribution in [0.3, 0.4) is 0 Å². The van der Waals surface area contributed by atoms with Crippen LogP contribution in [0.1, 0.15) is 9.75 Å². The summed E-state index contributed by atoms with van der Waals surface area (Å²) < 4.78 is 0.489. The van der Waals surface area contributed by atoms with E-state index < -0.39 is 0 Å². The van der Waals surface area contributed by atoms with E-state index in [9.17, 15) is 9.59 Å². The van der Waals surface area contributed by atoms with Crippen molar-refractivity contribution in [3.05, 3.63) is 63.5 Å². The largest absolute Gasteiger partial charge is 0.288 e. The van der Waals surface area contributed by atoms with Crippen molar-refractivity contribution in [2.45, 2.75) is 0 Å². The Labute approximate surface area is 132 Å². The minimum Gasteiger partial charge on any atom is -0.288 e. The molecule has 0 saturated heterocycles. The first-order valence-corrected chi connectivity index (χ1v) is 7.13. The molecular weight excluding hydrogens is 328 g/mol. The van der Waals surface area contributed by atoms with Gasteiger partial charge in [0.05, 0.1) is 9.06 Å². The summed E-state index contributed by atoms with van der Waals surface area (Å²) in [6, 6.07) is 10.4. The lowest BCUT2D eigenvalue weighted by Gasteiger charge is -1.98. The van der Waals surface area contributed by atoms with Gasteiger partial charge in [-0.25, -0.2) is 0 Å². The van der Waals surface area contributed by atoms with Gasteiger partial charge in [0.2, 0.25) is 10.9 Å². The predicted molar refractivity (Wildman–Crippen MR) is 84.2 cm³/mol. The van der Waals surface area contributed by atoms with E-state index in [2.05, 4.69) is 0 Å². The van der Waals surface area contributed by atoms with Gasteiger partial charge >= 0.3 is 0 Å². The van der Waals surface area contributed by atoms with E-state index in [1.54, 1.807) is 24.3 Å². The highest BCUT2D eigenvalue weighted by Crippen LogP contribution is 2.20. The van der Waals surface area contributed by atoms with E-state index in [0.29, 0.717) is 10.8 Å². The third kappa shape index (κ3) is 2.20. The number of hydrogen-bond acceptors (Lipinski definition) is 6. The fourth-order valence-corrected chi connectivity index (χ4v) is 4.01. The van der Waals surface area contributed by atoms with Gasteiger partial charge in [-0.15, -0.1) is 35.1 Å². The van der Waals surface area contributed by atoms with Gasteiger partial charge in [0.15, 0.2) is 0 Å². The van der Waals surface area contributed by atoms with Crippen LogP contribution in [0, 0.1) is 31.7 Å². The van der Waals surface area contributed by atoms with Crippen molar-refractivity contribution in [3.63, 3.8) is 0 Å². The summed E-state index contributed by atoms with van der Waals surface area (Å²) in [4.78, 5) is 25.1. The van der Waals surface area contributed by atoms with Gasteiger partial charge in [-0.1, -0.05) is 24.3 Å². The lowest BCUT2D eigenvalue weighted by atomic mass is 10.1. The fourth-order valence-electron chi connectivity index (χ4n) is 1.96. The average Bonchev–Trinajstić information content (AvgIpc) is 2.51. The van der Waals surface area contributed by atoms with Gasteiger partial charge in [0.1, 0.15) is 21.9 Å². The van der Waals surface area contributed by atoms with Crippen LogP contribution in [-0.2, 0) is 0 Å². The molecule has 1 aliphatic carbocycles.